The van der Waals surface area contributed by atoms with Crippen LogP contribution in [0.15, 0.2) is 39.5 Å². The maximum atomic E-state index is 5.59. The van der Waals surface area contributed by atoms with Gasteiger partial charge in [0.2, 0.25) is 0 Å². The molecule has 0 aliphatic rings. The van der Waals surface area contributed by atoms with Gasteiger partial charge in [-0.25, -0.2) is 0 Å². The second-order valence-corrected chi connectivity index (χ2v) is 5.94. The number of rotatable bonds is 5. The first-order chi connectivity index (χ1) is 8.70. The van der Waals surface area contributed by atoms with Crippen LogP contribution in [0.5, 0.6) is 0 Å². The molecule has 0 amide bonds. The van der Waals surface area contributed by atoms with E-state index in [9.17, 15) is 0 Å². The second-order valence-electron chi connectivity index (χ2n) is 4.30. The number of hydrogen-bond acceptors (Lipinski definition) is 3. The highest BCUT2D eigenvalue weighted by molar-refractivity contribution is 9.10. The van der Waals surface area contributed by atoms with Crippen molar-refractivity contribution in [3.8, 4) is 0 Å². The molecule has 2 aromatic rings. The molecule has 1 aromatic heterocycles. The molecule has 0 radical (unpaired) electrons. The summed E-state index contributed by atoms with van der Waals surface area (Å²) < 4.78 is 1.14. The molecule has 0 spiro atoms. The van der Waals surface area contributed by atoms with Crippen molar-refractivity contribution in [3.05, 3.63) is 50.6 Å². The minimum absolute atomic E-state index is 0.683. The van der Waals surface area contributed by atoms with Crippen LogP contribution >= 0.6 is 27.3 Å². The third kappa shape index (κ3) is 3.34. The van der Waals surface area contributed by atoms with Gasteiger partial charge in [0.1, 0.15) is 0 Å². The summed E-state index contributed by atoms with van der Waals surface area (Å²) in [5.74, 6) is 0. The molecule has 18 heavy (non-hydrogen) atoms. The van der Waals surface area contributed by atoms with E-state index in [-0.39, 0.29) is 0 Å². The quantitative estimate of drug-likeness (QED) is 0.909. The van der Waals surface area contributed by atoms with Crippen molar-refractivity contribution < 1.29 is 0 Å². The number of anilines is 1. The third-order valence-corrected chi connectivity index (χ3v) is 4.36. The van der Waals surface area contributed by atoms with Crippen LogP contribution in [0.4, 0.5) is 5.69 Å². The molecule has 2 nitrogen and oxygen atoms in total. The molecule has 0 saturated heterocycles. The van der Waals surface area contributed by atoms with Crippen LogP contribution < -0.4 is 10.6 Å². The average molecular weight is 325 g/mol. The van der Waals surface area contributed by atoms with Crippen molar-refractivity contribution in [2.24, 2.45) is 5.73 Å². The van der Waals surface area contributed by atoms with E-state index in [0.717, 1.165) is 17.4 Å². The molecule has 1 aromatic carbocycles. The number of thiophene rings is 1. The summed E-state index contributed by atoms with van der Waals surface area (Å²) in [6, 6.07) is 8.63. The molecule has 0 unspecified atom stereocenters. The van der Waals surface area contributed by atoms with Gasteiger partial charge >= 0.3 is 0 Å². The summed E-state index contributed by atoms with van der Waals surface area (Å²) in [7, 11) is 2.11. The van der Waals surface area contributed by atoms with E-state index in [4.69, 9.17) is 5.73 Å². The number of nitrogens with zero attached hydrogens (tertiary/aromatic N) is 1. The largest absolute Gasteiger partial charge is 0.370 e. The zero-order valence-electron chi connectivity index (χ0n) is 10.4. The SMILES string of the molecule is CN(Cc1ccsc1)c1ccc(CCN)c(Br)c1. The van der Waals surface area contributed by atoms with Gasteiger partial charge in [-0.3, -0.25) is 0 Å². The van der Waals surface area contributed by atoms with Gasteiger partial charge in [0.15, 0.2) is 0 Å². The third-order valence-electron chi connectivity index (χ3n) is 2.89. The molecule has 0 fully saturated rings. The lowest BCUT2D eigenvalue weighted by molar-refractivity contribution is 0.921. The van der Waals surface area contributed by atoms with Gasteiger partial charge < -0.3 is 10.6 Å². The van der Waals surface area contributed by atoms with Crippen molar-refractivity contribution in [2.45, 2.75) is 13.0 Å². The van der Waals surface area contributed by atoms with Crippen LogP contribution in [-0.4, -0.2) is 13.6 Å². The minimum atomic E-state index is 0.683. The lowest BCUT2D eigenvalue weighted by atomic mass is 10.1. The maximum Gasteiger partial charge on any atom is 0.0434 e. The van der Waals surface area contributed by atoms with E-state index in [1.165, 1.54) is 16.8 Å². The van der Waals surface area contributed by atoms with Crippen LogP contribution in [0, 0.1) is 0 Å². The molecule has 96 valence electrons. The Kier molecular flexibility index (Phi) is 4.80. The number of benzene rings is 1. The Bertz CT molecular complexity index is 497. The van der Waals surface area contributed by atoms with Crippen LogP contribution in [0.1, 0.15) is 11.1 Å². The molecule has 0 aliphatic carbocycles. The van der Waals surface area contributed by atoms with Gasteiger partial charge in [-0.15, -0.1) is 0 Å². The van der Waals surface area contributed by atoms with Crippen molar-refractivity contribution in [1.29, 1.82) is 0 Å². The molecule has 0 aliphatic heterocycles. The summed E-state index contributed by atoms with van der Waals surface area (Å²) in [4.78, 5) is 2.25. The van der Waals surface area contributed by atoms with E-state index in [1.54, 1.807) is 11.3 Å². The fourth-order valence-corrected chi connectivity index (χ4v) is 3.10. The molecular formula is C14H17BrN2S. The Morgan fingerprint density at radius 2 is 2.17 bits per heavy atom. The maximum absolute atomic E-state index is 5.59. The Balaban J connectivity index is 2.11. The van der Waals surface area contributed by atoms with Crippen LogP contribution in [0.2, 0.25) is 0 Å². The Labute approximate surface area is 121 Å². The van der Waals surface area contributed by atoms with Gasteiger partial charge in [-0.2, -0.15) is 11.3 Å². The first kappa shape index (κ1) is 13.6. The van der Waals surface area contributed by atoms with Crippen molar-refractivity contribution in [1.82, 2.24) is 0 Å². The molecule has 2 rings (SSSR count). The molecule has 0 saturated carbocycles. The Morgan fingerprint density at radius 3 is 2.78 bits per heavy atom. The molecule has 0 atom stereocenters. The standard InChI is InChI=1S/C14H17BrN2S/c1-17(9-11-5-7-18-10-11)13-3-2-12(4-6-16)14(15)8-13/h2-3,5,7-8,10H,4,6,9,16H2,1H3. The van der Waals surface area contributed by atoms with Crippen LogP contribution in [0.25, 0.3) is 0 Å². The fourth-order valence-electron chi connectivity index (χ4n) is 1.88. The topological polar surface area (TPSA) is 29.3 Å². The highest BCUT2D eigenvalue weighted by Gasteiger charge is 2.06. The van der Waals surface area contributed by atoms with Gasteiger partial charge in [-0.05, 0) is 53.1 Å². The lowest BCUT2D eigenvalue weighted by Gasteiger charge is -2.19. The van der Waals surface area contributed by atoms with Gasteiger partial charge in [0.05, 0.1) is 0 Å². The highest BCUT2D eigenvalue weighted by Crippen LogP contribution is 2.25. The van der Waals surface area contributed by atoms with E-state index in [0.29, 0.717) is 6.54 Å². The van der Waals surface area contributed by atoms with Gasteiger partial charge in [0.25, 0.3) is 0 Å². The minimum Gasteiger partial charge on any atom is -0.370 e. The summed E-state index contributed by atoms with van der Waals surface area (Å²) >= 11 is 5.35. The highest BCUT2D eigenvalue weighted by atomic mass is 79.9. The zero-order valence-corrected chi connectivity index (χ0v) is 12.8. The summed E-state index contributed by atoms with van der Waals surface area (Å²) in [6.07, 6.45) is 0.912. The summed E-state index contributed by atoms with van der Waals surface area (Å²) in [5.41, 5.74) is 9.42. The van der Waals surface area contributed by atoms with Gasteiger partial charge in [0, 0.05) is 23.8 Å². The monoisotopic (exact) mass is 324 g/mol. The molecule has 0 bridgehead atoms. The van der Waals surface area contributed by atoms with Gasteiger partial charge in [-0.1, -0.05) is 22.0 Å². The van der Waals surface area contributed by atoms with Crippen LogP contribution in [-0.2, 0) is 13.0 Å². The smallest absolute Gasteiger partial charge is 0.0434 e. The molecular weight excluding hydrogens is 308 g/mol. The van der Waals surface area contributed by atoms with E-state index >= 15 is 0 Å². The van der Waals surface area contributed by atoms with E-state index < -0.39 is 0 Å². The normalized spacial score (nSPS) is 10.6. The molecule has 1 heterocycles. The Hall–Kier alpha value is -0.840. The lowest BCUT2D eigenvalue weighted by Crippen LogP contribution is -2.16. The van der Waals surface area contributed by atoms with Crippen molar-refractivity contribution in [2.75, 3.05) is 18.5 Å². The second kappa shape index (κ2) is 6.36. The molecule has 4 heteroatoms. The first-order valence-corrected chi connectivity index (χ1v) is 7.65. The predicted molar refractivity (Wildman–Crippen MR) is 83.3 cm³/mol. The summed E-state index contributed by atoms with van der Waals surface area (Å²) in [5, 5.41) is 4.30. The number of hydrogen-bond donors (Lipinski definition) is 1. The van der Waals surface area contributed by atoms with Crippen molar-refractivity contribution in [3.63, 3.8) is 0 Å². The van der Waals surface area contributed by atoms with E-state index in [1.807, 2.05) is 0 Å². The average Bonchev–Trinajstić information content (AvgIpc) is 2.84. The zero-order chi connectivity index (χ0) is 13.0. The predicted octanol–water partition coefficient (Wildman–Crippen LogP) is 3.65. The number of halogens is 1. The number of nitrogens with two attached hydrogens (primary N) is 1. The van der Waals surface area contributed by atoms with Crippen molar-refractivity contribution >= 4 is 33.0 Å². The first-order valence-electron chi connectivity index (χ1n) is 5.91. The molecule has 2 N–H and O–H groups in total. The summed E-state index contributed by atoms with van der Waals surface area (Å²) in [6.45, 7) is 1.62. The van der Waals surface area contributed by atoms with E-state index in [2.05, 4.69) is 62.9 Å². The Morgan fingerprint density at radius 1 is 1.33 bits per heavy atom. The van der Waals surface area contributed by atoms with Crippen LogP contribution in [0.3, 0.4) is 0 Å². The fraction of sp³-hybridized carbons (Fsp3) is 0.286.